The highest BCUT2D eigenvalue weighted by molar-refractivity contribution is 5.68. The fraction of sp³-hybridized carbons (Fsp3) is 0.333. The minimum absolute atomic E-state index is 1.16. The number of hydrogen-bond donors (Lipinski definition) is 0. The molecule has 0 fully saturated rings. The highest BCUT2D eigenvalue weighted by Gasteiger charge is 2.17. The van der Waals surface area contributed by atoms with Gasteiger partial charge in [0.2, 0.25) is 0 Å². The van der Waals surface area contributed by atoms with E-state index < -0.39 is 0 Å². The first-order valence-electron chi connectivity index (χ1n) is 5.76. The molecule has 0 unspecified atom stereocenters. The fourth-order valence-corrected chi connectivity index (χ4v) is 1.34. The SMILES string of the molecule is C=Cc1cc2c(cc1C=C)C2.CC.CC. The summed E-state index contributed by atoms with van der Waals surface area (Å²) < 4.78 is 0. The maximum absolute atomic E-state index is 3.76. The fourth-order valence-electron chi connectivity index (χ4n) is 1.34. The summed E-state index contributed by atoms with van der Waals surface area (Å²) in [7, 11) is 0. The molecule has 0 aromatic heterocycles. The molecule has 0 atom stereocenters. The standard InChI is InChI=1S/C11H10.2C2H6/c1-3-8-5-10-7-11(10)6-9(8)4-2;2*1-2/h3-6H,1-2,7H2;2*1-2H3. The van der Waals surface area contributed by atoms with Gasteiger partial charge in [0.05, 0.1) is 0 Å². The Morgan fingerprint density at radius 1 is 0.867 bits per heavy atom. The number of benzene rings is 1. The summed E-state index contributed by atoms with van der Waals surface area (Å²) in [6.07, 6.45) is 4.93. The van der Waals surface area contributed by atoms with Crippen LogP contribution in [0.1, 0.15) is 49.9 Å². The van der Waals surface area contributed by atoms with Crippen molar-refractivity contribution in [1.82, 2.24) is 0 Å². The Hall–Kier alpha value is -1.30. The molecule has 0 saturated heterocycles. The van der Waals surface area contributed by atoms with Crippen molar-refractivity contribution in [2.24, 2.45) is 0 Å². The van der Waals surface area contributed by atoms with Gasteiger partial charge >= 0.3 is 0 Å². The number of fused-ring (bicyclic) bond motifs is 1. The molecule has 1 aliphatic rings. The molecule has 0 aliphatic heterocycles. The van der Waals surface area contributed by atoms with Crippen molar-refractivity contribution in [3.8, 4) is 0 Å². The summed E-state index contributed by atoms with van der Waals surface area (Å²) in [6, 6.07) is 4.39. The molecule has 0 heteroatoms. The quantitative estimate of drug-likeness (QED) is 0.647. The lowest BCUT2D eigenvalue weighted by Gasteiger charge is -1.96. The smallest absolute Gasteiger partial charge is 0.00196 e. The van der Waals surface area contributed by atoms with Gasteiger partial charge in [0, 0.05) is 0 Å². The van der Waals surface area contributed by atoms with Crippen molar-refractivity contribution >= 4 is 12.2 Å². The van der Waals surface area contributed by atoms with Crippen LogP contribution in [-0.4, -0.2) is 0 Å². The van der Waals surface area contributed by atoms with Gasteiger partial charge in [-0.1, -0.05) is 65.1 Å². The first kappa shape index (κ1) is 13.7. The summed E-state index contributed by atoms with van der Waals surface area (Å²) in [5.41, 5.74) is 5.34. The van der Waals surface area contributed by atoms with Crippen LogP contribution in [0.4, 0.5) is 0 Å². The molecule has 0 spiro atoms. The van der Waals surface area contributed by atoms with Gasteiger partial charge in [-0.25, -0.2) is 0 Å². The Morgan fingerprint density at radius 3 is 1.47 bits per heavy atom. The average molecular weight is 202 g/mol. The zero-order valence-corrected chi connectivity index (χ0v) is 10.4. The van der Waals surface area contributed by atoms with Crippen LogP contribution in [0.2, 0.25) is 0 Å². The van der Waals surface area contributed by atoms with Gasteiger partial charge in [0.25, 0.3) is 0 Å². The molecule has 0 radical (unpaired) electrons. The Balaban J connectivity index is 0.000000442. The lowest BCUT2D eigenvalue weighted by Crippen LogP contribution is -1.76. The van der Waals surface area contributed by atoms with Gasteiger partial charge in [-0.2, -0.15) is 0 Å². The van der Waals surface area contributed by atoms with Gasteiger partial charge in [-0.3, -0.25) is 0 Å². The van der Waals surface area contributed by atoms with E-state index in [2.05, 4.69) is 25.3 Å². The maximum Gasteiger partial charge on any atom is -0.00196 e. The summed E-state index contributed by atoms with van der Waals surface area (Å²) in [6.45, 7) is 15.5. The normalized spacial score (nSPS) is 9.60. The molecule has 2 rings (SSSR count). The van der Waals surface area contributed by atoms with Crippen LogP contribution in [0.3, 0.4) is 0 Å². The molecule has 1 aromatic rings. The monoisotopic (exact) mass is 202 g/mol. The molecule has 0 nitrogen and oxygen atoms in total. The Labute approximate surface area is 94.3 Å². The summed E-state index contributed by atoms with van der Waals surface area (Å²) in [4.78, 5) is 0. The highest BCUT2D eigenvalue weighted by atomic mass is 14.2. The van der Waals surface area contributed by atoms with Gasteiger partial charge in [-0.05, 0) is 28.7 Å². The average Bonchev–Trinajstić information content (AvgIpc) is 3.10. The van der Waals surface area contributed by atoms with Crippen molar-refractivity contribution < 1.29 is 0 Å². The second-order valence-corrected chi connectivity index (χ2v) is 2.83. The molecule has 1 aliphatic carbocycles. The second-order valence-electron chi connectivity index (χ2n) is 2.83. The summed E-state index contributed by atoms with van der Waals surface area (Å²) in [5.74, 6) is 0. The molecule has 1 aromatic carbocycles. The topological polar surface area (TPSA) is 0 Å². The molecule has 0 amide bonds. The van der Waals surface area contributed by atoms with E-state index in [1.807, 2.05) is 39.8 Å². The first-order valence-corrected chi connectivity index (χ1v) is 5.76. The van der Waals surface area contributed by atoms with E-state index >= 15 is 0 Å². The molecule has 15 heavy (non-hydrogen) atoms. The first-order chi connectivity index (χ1) is 7.35. The maximum atomic E-state index is 3.76. The molecule has 0 heterocycles. The molecular formula is C15H22. The molecule has 0 saturated carbocycles. The third kappa shape index (κ3) is 3.39. The van der Waals surface area contributed by atoms with Crippen LogP contribution >= 0.6 is 0 Å². The Morgan fingerprint density at radius 2 is 1.20 bits per heavy atom. The minimum atomic E-state index is 1.16. The Bertz CT molecular complexity index is 299. The largest absolute Gasteiger partial charge is 0.0984 e. The van der Waals surface area contributed by atoms with Gasteiger partial charge in [0.15, 0.2) is 0 Å². The van der Waals surface area contributed by atoms with Crippen LogP contribution in [0.25, 0.3) is 12.2 Å². The second kappa shape index (κ2) is 7.05. The molecular weight excluding hydrogens is 180 g/mol. The van der Waals surface area contributed by atoms with E-state index in [1.54, 1.807) is 0 Å². The third-order valence-corrected chi connectivity index (χ3v) is 2.10. The van der Waals surface area contributed by atoms with Crippen molar-refractivity contribution in [3.63, 3.8) is 0 Å². The zero-order valence-electron chi connectivity index (χ0n) is 10.4. The van der Waals surface area contributed by atoms with E-state index in [0.717, 1.165) is 6.42 Å². The van der Waals surface area contributed by atoms with Crippen LogP contribution in [0.15, 0.2) is 25.3 Å². The zero-order chi connectivity index (χ0) is 11.8. The predicted molar refractivity (Wildman–Crippen MR) is 72.1 cm³/mol. The van der Waals surface area contributed by atoms with Gasteiger partial charge in [0.1, 0.15) is 0 Å². The van der Waals surface area contributed by atoms with E-state index in [0.29, 0.717) is 0 Å². The van der Waals surface area contributed by atoms with Crippen LogP contribution < -0.4 is 0 Å². The number of hydrogen-bond acceptors (Lipinski definition) is 0. The minimum Gasteiger partial charge on any atom is -0.0984 e. The lowest BCUT2D eigenvalue weighted by molar-refractivity contribution is 1.50. The van der Waals surface area contributed by atoms with Gasteiger partial charge in [-0.15, -0.1) is 0 Å². The third-order valence-electron chi connectivity index (χ3n) is 2.10. The lowest BCUT2D eigenvalue weighted by atomic mass is 10.1. The van der Waals surface area contributed by atoms with Gasteiger partial charge < -0.3 is 0 Å². The van der Waals surface area contributed by atoms with E-state index in [-0.39, 0.29) is 0 Å². The highest BCUT2D eigenvalue weighted by Crippen LogP contribution is 2.31. The summed E-state index contributed by atoms with van der Waals surface area (Å²) in [5, 5.41) is 0. The van der Waals surface area contributed by atoms with Crippen molar-refractivity contribution in [3.05, 3.63) is 47.5 Å². The van der Waals surface area contributed by atoms with E-state index in [9.17, 15) is 0 Å². The van der Waals surface area contributed by atoms with Crippen LogP contribution in [-0.2, 0) is 6.42 Å². The van der Waals surface area contributed by atoms with E-state index in [4.69, 9.17) is 0 Å². The van der Waals surface area contributed by atoms with Crippen molar-refractivity contribution in [2.45, 2.75) is 34.1 Å². The molecule has 0 N–H and O–H groups in total. The van der Waals surface area contributed by atoms with E-state index in [1.165, 1.54) is 22.3 Å². The molecule has 0 bridgehead atoms. The summed E-state index contributed by atoms with van der Waals surface area (Å²) >= 11 is 0. The van der Waals surface area contributed by atoms with Crippen molar-refractivity contribution in [2.75, 3.05) is 0 Å². The number of rotatable bonds is 2. The predicted octanol–water partition coefficient (Wildman–Crippen LogP) is 4.93. The molecule has 82 valence electrons. The van der Waals surface area contributed by atoms with Crippen LogP contribution in [0.5, 0.6) is 0 Å². The van der Waals surface area contributed by atoms with Crippen molar-refractivity contribution in [1.29, 1.82) is 0 Å². The Kier molecular flexibility index (Phi) is 6.44. The van der Waals surface area contributed by atoms with Crippen LogP contribution in [0, 0.1) is 0 Å².